The van der Waals surface area contributed by atoms with Crippen LogP contribution in [0.3, 0.4) is 0 Å². The number of carbonyl (C=O) groups excluding carboxylic acids is 3. The first-order valence-electron chi connectivity index (χ1n) is 12.6. The summed E-state index contributed by atoms with van der Waals surface area (Å²) in [7, 11) is 1.52. The number of imide groups is 1. The number of piperazine rings is 1. The van der Waals surface area contributed by atoms with Gasteiger partial charge in [-0.25, -0.2) is 9.78 Å². The van der Waals surface area contributed by atoms with Crippen LogP contribution < -0.4 is 15.4 Å². The number of hydrogen-bond acceptors (Lipinski definition) is 8. The van der Waals surface area contributed by atoms with E-state index in [1.165, 1.54) is 12.0 Å². The number of aromatic nitrogens is 1. The molecule has 198 valence electrons. The zero-order valence-electron chi connectivity index (χ0n) is 21.4. The molecule has 0 unspecified atom stereocenters. The number of amides is 4. The van der Waals surface area contributed by atoms with Crippen LogP contribution in [0, 0.1) is 11.8 Å². The molecule has 38 heavy (non-hydrogen) atoms. The molecule has 2 fully saturated rings. The van der Waals surface area contributed by atoms with Crippen LogP contribution in [-0.4, -0.2) is 94.6 Å². The minimum atomic E-state index is -1.69. The van der Waals surface area contributed by atoms with Crippen molar-refractivity contribution in [1.29, 1.82) is 0 Å². The van der Waals surface area contributed by atoms with Gasteiger partial charge in [0.05, 0.1) is 13.7 Å². The van der Waals surface area contributed by atoms with Gasteiger partial charge in [0.1, 0.15) is 11.5 Å². The highest BCUT2D eigenvalue weighted by atomic mass is 16.5. The second-order valence-electron chi connectivity index (χ2n) is 9.67. The van der Waals surface area contributed by atoms with E-state index in [1.807, 2.05) is 0 Å². The molecule has 0 saturated carbocycles. The molecule has 4 amide bonds. The third kappa shape index (κ3) is 5.01. The number of nitrogens with zero attached hydrogens (tertiary/aromatic N) is 4. The van der Waals surface area contributed by atoms with Crippen molar-refractivity contribution in [2.75, 3.05) is 46.4 Å². The van der Waals surface area contributed by atoms with E-state index in [1.54, 1.807) is 30.5 Å². The van der Waals surface area contributed by atoms with E-state index in [-0.39, 0.29) is 30.4 Å². The van der Waals surface area contributed by atoms with Gasteiger partial charge in [-0.05, 0) is 41.8 Å². The molecule has 11 heteroatoms. The van der Waals surface area contributed by atoms with E-state index in [9.17, 15) is 19.5 Å². The van der Waals surface area contributed by atoms with Crippen LogP contribution in [-0.2, 0) is 17.9 Å². The summed E-state index contributed by atoms with van der Waals surface area (Å²) < 4.78 is 5.22. The van der Waals surface area contributed by atoms with Crippen molar-refractivity contribution in [3.8, 4) is 23.3 Å². The molecule has 2 aromatic rings. The molecule has 1 aromatic heterocycles. The summed E-state index contributed by atoms with van der Waals surface area (Å²) in [6.45, 7) is 7.85. The molecule has 0 radical (unpaired) electrons. The molecule has 5 rings (SSSR count). The lowest BCUT2D eigenvalue weighted by Crippen LogP contribution is -2.54. The van der Waals surface area contributed by atoms with Crippen molar-refractivity contribution in [2.24, 2.45) is 0 Å². The molecule has 1 atom stereocenters. The number of benzene rings is 1. The second kappa shape index (κ2) is 10.3. The Hall–Kier alpha value is -4.14. The molecule has 0 bridgehead atoms. The van der Waals surface area contributed by atoms with E-state index in [0.29, 0.717) is 17.9 Å². The Kier molecular flexibility index (Phi) is 6.93. The first-order chi connectivity index (χ1) is 18.3. The number of hydrogen-bond donors (Lipinski definition) is 3. The van der Waals surface area contributed by atoms with E-state index < -0.39 is 17.5 Å². The Balaban J connectivity index is 1.33. The van der Waals surface area contributed by atoms with Gasteiger partial charge < -0.3 is 25.0 Å². The fourth-order valence-electron chi connectivity index (χ4n) is 4.98. The third-order valence-corrected chi connectivity index (χ3v) is 7.20. The maximum absolute atomic E-state index is 13.1. The van der Waals surface area contributed by atoms with Crippen molar-refractivity contribution in [3.05, 3.63) is 52.8 Å². The molecule has 1 aromatic carbocycles. The first-order valence-corrected chi connectivity index (χ1v) is 12.6. The average molecular weight is 519 g/mol. The summed E-state index contributed by atoms with van der Waals surface area (Å²) in [5, 5.41) is 15.4. The monoisotopic (exact) mass is 518 g/mol. The van der Waals surface area contributed by atoms with Crippen molar-refractivity contribution in [2.45, 2.75) is 25.6 Å². The quantitative estimate of drug-likeness (QED) is 0.373. The fourth-order valence-corrected chi connectivity index (χ4v) is 4.98. The summed E-state index contributed by atoms with van der Waals surface area (Å²) in [4.78, 5) is 48.5. The summed E-state index contributed by atoms with van der Waals surface area (Å²) in [5.41, 5.74) is 0.511. The van der Waals surface area contributed by atoms with Gasteiger partial charge in [-0.15, -0.1) is 0 Å². The molecular formula is C27H30N6O5. The normalized spacial score (nSPS) is 21.5. The second-order valence-corrected chi connectivity index (χ2v) is 9.67. The van der Waals surface area contributed by atoms with Gasteiger partial charge in [0.15, 0.2) is 5.69 Å². The van der Waals surface area contributed by atoms with Crippen molar-refractivity contribution >= 4 is 17.8 Å². The number of rotatable bonds is 6. The highest BCUT2D eigenvalue weighted by Gasteiger charge is 2.48. The zero-order chi connectivity index (χ0) is 26.9. The van der Waals surface area contributed by atoms with E-state index in [2.05, 4.69) is 44.2 Å². The number of pyridine rings is 1. The van der Waals surface area contributed by atoms with Gasteiger partial charge in [0, 0.05) is 51.0 Å². The van der Waals surface area contributed by atoms with Gasteiger partial charge in [-0.1, -0.05) is 18.9 Å². The summed E-state index contributed by atoms with van der Waals surface area (Å²) in [6.07, 6.45) is 1.66. The third-order valence-electron chi connectivity index (χ3n) is 7.20. The minimum absolute atomic E-state index is 0.0821. The van der Waals surface area contributed by atoms with Crippen molar-refractivity contribution in [3.63, 3.8) is 0 Å². The van der Waals surface area contributed by atoms with Gasteiger partial charge in [-0.3, -0.25) is 19.8 Å². The molecule has 3 N–H and O–H groups in total. The highest BCUT2D eigenvalue weighted by Crippen LogP contribution is 2.28. The zero-order valence-corrected chi connectivity index (χ0v) is 21.4. The molecule has 0 spiro atoms. The Morgan fingerprint density at radius 3 is 2.55 bits per heavy atom. The molecule has 0 aliphatic carbocycles. The van der Waals surface area contributed by atoms with Crippen LogP contribution in [0.15, 0.2) is 30.5 Å². The Labute approximate surface area is 220 Å². The maximum Gasteiger partial charge on any atom is 0.323 e. The number of likely N-dealkylation sites (N-methyl/N-ethyl adjacent to an activating group) is 1. The highest BCUT2D eigenvalue weighted by molar-refractivity contribution is 6.10. The van der Waals surface area contributed by atoms with Crippen LogP contribution >= 0.6 is 0 Å². The fraction of sp³-hybridized carbons (Fsp3) is 0.407. The number of methoxy groups -OCH3 is 1. The molecule has 3 aliphatic rings. The van der Waals surface area contributed by atoms with Gasteiger partial charge in [0.25, 0.3) is 11.8 Å². The van der Waals surface area contributed by atoms with Crippen molar-refractivity contribution < 1.29 is 24.2 Å². The first kappa shape index (κ1) is 25.5. The molecule has 11 nitrogen and oxygen atoms in total. The van der Waals surface area contributed by atoms with E-state index in [0.717, 1.165) is 43.9 Å². The Morgan fingerprint density at radius 2 is 1.89 bits per heavy atom. The smallest absolute Gasteiger partial charge is 0.323 e. The van der Waals surface area contributed by atoms with Gasteiger partial charge in [0.2, 0.25) is 5.54 Å². The molecule has 2 saturated heterocycles. The van der Waals surface area contributed by atoms with Crippen LogP contribution in [0.25, 0.3) is 0 Å². The number of fused-ring (bicyclic) bond motifs is 1. The predicted molar refractivity (Wildman–Crippen MR) is 137 cm³/mol. The maximum atomic E-state index is 13.1. The van der Waals surface area contributed by atoms with Crippen LogP contribution in [0.2, 0.25) is 0 Å². The largest absolute Gasteiger partial charge is 0.505 e. The molecule has 3 aliphatic heterocycles. The van der Waals surface area contributed by atoms with Crippen molar-refractivity contribution in [1.82, 2.24) is 30.3 Å². The van der Waals surface area contributed by atoms with Gasteiger partial charge in [-0.2, -0.15) is 0 Å². The van der Waals surface area contributed by atoms with E-state index >= 15 is 0 Å². The predicted octanol–water partition coefficient (Wildman–Crippen LogP) is 0.519. The topological polar surface area (TPSA) is 127 Å². The van der Waals surface area contributed by atoms with Crippen LogP contribution in [0.4, 0.5) is 4.79 Å². The average Bonchev–Trinajstić information content (AvgIpc) is 3.37. The van der Waals surface area contributed by atoms with Gasteiger partial charge >= 0.3 is 6.03 Å². The number of aromatic hydroxyl groups is 1. The summed E-state index contributed by atoms with van der Waals surface area (Å²) >= 11 is 0. The lowest BCUT2D eigenvalue weighted by atomic mass is 9.99. The molecular weight excluding hydrogens is 488 g/mol. The number of ether oxygens (including phenoxy) is 1. The lowest BCUT2D eigenvalue weighted by Gasteiger charge is -2.33. The van der Waals surface area contributed by atoms with E-state index in [4.69, 9.17) is 4.74 Å². The summed E-state index contributed by atoms with van der Waals surface area (Å²) in [6, 6.07) is 6.13. The Morgan fingerprint density at radius 1 is 1.13 bits per heavy atom. The lowest BCUT2D eigenvalue weighted by molar-refractivity contribution is -0.122. The number of urea groups is 1. The standard InChI is InChI=1S/C27H30N6O5/c1-3-31-8-10-32(11-9-31)15-18-12-23(34)22(28-14-18)6-7-27(25(36)29-26(37)30-27)17-33-16-19-4-5-20(38-2)13-21(19)24(33)35/h4-5,12-14,34H,3,8-11,15-17H2,1-2H3,(H2,29,30,36,37)/t27-/m1/s1. The minimum Gasteiger partial charge on any atom is -0.505 e. The Bertz CT molecular complexity index is 1340. The number of nitrogens with one attached hydrogen (secondary N) is 2. The molecule has 4 heterocycles. The van der Waals surface area contributed by atoms with Crippen LogP contribution in [0.1, 0.15) is 34.1 Å². The van der Waals surface area contributed by atoms with Crippen LogP contribution in [0.5, 0.6) is 11.5 Å². The SMILES string of the molecule is CCN1CCN(Cc2cnc(C#C[C@]3(CN4Cc5ccc(OC)cc5C4=O)NC(=O)NC3=O)c(O)c2)CC1. The summed E-state index contributed by atoms with van der Waals surface area (Å²) in [5.74, 6) is 5.02. The number of carbonyl (C=O) groups is 3.